The summed E-state index contributed by atoms with van der Waals surface area (Å²) in [6.07, 6.45) is 4.00. The van der Waals surface area contributed by atoms with Crippen LogP contribution in [0.15, 0.2) is 12.1 Å². The number of aromatic nitrogens is 2. The topological polar surface area (TPSA) is 52.8 Å². The minimum Gasteiger partial charge on any atom is -0.358 e. The summed E-state index contributed by atoms with van der Waals surface area (Å²) in [5.74, 6) is 1.77. The number of nitriles is 1. The largest absolute Gasteiger partial charge is 0.358 e. The Morgan fingerprint density at radius 3 is 2.80 bits per heavy atom. The molecule has 0 radical (unpaired) electrons. The van der Waals surface area contributed by atoms with Crippen LogP contribution in [0.5, 0.6) is 0 Å². The van der Waals surface area contributed by atoms with E-state index >= 15 is 0 Å². The molecule has 0 N–H and O–H groups in total. The van der Waals surface area contributed by atoms with Crippen LogP contribution in [0.4, 0.5) is 5.82 Å². The van der Waals surface area contributed by atoms with E-state index in [0.29, 0.717) is 5.69 Å². The summed E-state index contributed by atoms with van der Waals surface area (Å²) in [5, 5.41) is 16.4. The van der Waals surface area contributed by atoms with Gasteiger partial charge in [0.15, 0.2) is 11.5 Å². The Morgan fingerprint density at radius 1 is 1.47 bits per heavy atom. The molecule has 0 aliphatic heterocycles. The average molecular weight is 202 g/mol. The molecule has 0 atom stereocenters. The standard InChI is InChI=1S/C11H14N4/c1-15(7-6-9-2-3-9)11-5-4-10(8-12)13-14-11/h4-5,9H,2-3,6-7H2,1H3. The molecule has 2 rings (SSSR count). The van der Waals surface area contributed by atoms with Crippen LogP contribution in [-0.2, 0) is 0 Å². The van der Waals surface area contributed by atoms with Gasteiger partial charge < -0.3 is 4.90 Å². The summed E-state index contributed by atoms with van der Waals surface area (Å²) in [5.41, 5.74) is 0.370. The molecule has 78 valence electrons. The highest BCUT2D eigenvalue weighted by atomic mass is 15.2. The smallest absolute Gasteiger partial charge is 0.163 e. The summed E-state index contributed by atoms with van der Waals surface area (Å²) in [6, 6.07) is 5.51. The Labute approximate surface area is 89.5 Å². The lowest BCUT2D eigenvalue weighted by molar-refractivity contribution is 0.702. The molecule has 0 spiro atoms. The van der Waals surface area contributed by atoms with Crippen LogP contribution in [-0.4, -0.2) is 23.8 Å². The lowest BCUT2D eigenvalue weighted by atomic mass is 10.3. The molecule has 1 fully saturated rings. The number of anilines is 1. The Bertz CT molecular complexity index is 361. The molecule has 1 aromatic heterocycles. The third-order valence-electron chi connectivity index (χ3n) is 2.73. The molecule has 0 saturated heterocycles. The third-order valence-corrected chi connectivity index (χ3v) is 2.73. The van der Waals surface area contributed by atoms with Crippen molar-refractivity contribution >= 4 is 5.82 Å². The summed E-state index contributed by atoms with van der Waals surface area (Å²) in [6.45, 7) is 1.02. The molecule has 1 saturated carbocycles. The van der Waals surface area contributed by atoms with E-state index in [0.717, 1.165) is 18.3 Å². The normalized spacial score (nSPS) is 14.7. The van der Waals surface area contributed by atoms with Crippen LogP contribution in [0.1, 0.15) is 25.0 Å². The first-order valence-electron chi connectivity index (χ1n) is 5.24. The fourth-order valence-electron chi connectivity index (χ4n) is 1.49. The van der Waals surface area contributed by atoms with Crippen LogP contribution < -0.4 is 4.90 Å². The summed E-state index contributed by atoms with van der Waals surface area (Å²) in [4.78, 5) is 2.09. The first-order chi connectivity index (χ1) is 7.29. The first kappa shape index (κ1) is 9.91. The number of nitrogens with zero attached hydrogens (tertiary/aromatic N) is 4. The molecule has 1 aromatic rings. The van der Waals surface area contributed by atoms with Crippen LogP contribution in [0.25, 0.3) is 0 Å². The highest BCUT2D eigenvalue weighted by Gasteiger charge is 2.21. The molecule has 15 heavy (non-hydrogen) atoms. The van der Waals surface area contributed by atoms with Gasteiger partial charge >= 0.3 is 0 Å². The van der Waals surface area contributed by atoms with Crippen molar-refractivity contribution in [2.75, 3.05) is 18.5 Å². The second-order valence-corrected chi connectivity index (χ2v) is 4.04. The zero-order chi connectivity index (χ0) is 10.7. The summed E-state index contributed by atoms with van der Waals surface area (Å²) < 4.78 is 0. The van der Waals surface area contributed by atoms with Crippen molar-refractivity contribution in [1.29, 1.82) is 5.26 Å². The van der Waals surface area contributed by atoms with Crippen LogP contribution >= 0.6 is 0 Å². The van der Waals surface area contributed by atoms with Gasteiger partial charge in [-0.25, -0.2) is 0 Å². The molecule has 1 aliphatic rings. The van der Waals surface area contributed by atoms with Crippen molar-refractivity contribution in [3.05, 3.63) is 17.8 Å². The number of hydrogen-bond donors (Lipinski definition) is 0. The average Bonchev–Trinajstić information content (AvgIpc) is 3.10. The minimum atomic E-state index is 0.370. The molecule has 0 bridgehead atoms. The van der Waals surface area contributed by atoms with Crippen molar-refractivity contribution in [3.63, 3.8) is 0 Å². The van der Waals surface area contributed by atoms with E-state index in [1.54, 1.807) is 6.07 Å². The highest BCUT2D eigenvalue weighted by molar-refractivity contribution is 5.37. The van der Waals surface area contributed by atoms with Gasteiger partial charge in [0.1, 0.15) is 6.07 Å². The molecule has 1 aliphatic carbocycles. The number of rotatable bonds is 4. The van der Waals surface area contributed by atoms with E-state index in [-0.39, 0.29) is 0 Å². The van der Waals surface area contributed by atoms with E-state index in [2.05, 4.69) is 15.1 Å². The fourth-order valence-corrected chi connectivity index (χ4v) is 1.49. The van der Waals surface area contributed by atoms with E-state index in [1.165, 1.54) is 19.3 Å². The lowest BCUT2D eigenvalue weighted by Crippen LogP contribution is -2.20. The molecule has 0 aromatic carbocycles. The minimum absolute atomic E-state index is 0.370. The van der Waals surface area contributed by atoms with Crippen LogP contribution in [0, 0.1) is 17.2 Å². The molecular weight excluding hydrogens is 188 g/mol. The van der Waals surface area contributed by atoms with Gasteiger partial charge in [-0.3, -0.25) is 0 Å². The number of hydrogen-bond acceptors (Lipinski definition) is 4. The lowest BCUT2D eigenvalue weighted by Gasteiger charge is -2.16. The SMILES string of the molecule is CN(CCC1CC1)c1ccc(C#N)nn1. The summed E-state index contributed by atoms with van der Waals surface area (Å²) in [7, 11) is 2.01. The molecule has 0 unspecified atom stereocenters. The van der Waals surface area contributed by atoms with Crippen molar-refractivity contribution < 1.29 is 0 Å². The Morgan fingerprint density at radius 2 is 2.27 bits per heavy atom. The van der Waals surface area contributed by atoms with Crippen molar-refractivity contribution in [1.82, 2.24) is 10.2 Å². The Balaban J connectivity index is 1.92. The first-order valence-corrected chi connectivity index (χ1v) is 5.24. The fraction of sp³-hybridized carbons (Fsp3) is 0.545. The van der Waals surface area contributed by atoms with Gasteiger partial charge in [-0.05, 0) is 24.5 Å². The van der Waals surface area contributed by atoms with Gasteiger partial charge in [0, 0.05) is 13.6 Å². The van der Waals surface area contributed by atoms with Crippen molar-refractivity contribution in [2.24, 2.45) is 5.92 Å². The highest BCUT2D eigenvalue weighted by Crippen LogP contribution is 2.32. The van der Waals surface area contributed by atoms with Gasteiger partial charge in [-0.15, -0.1) is 10.2 Å². The zero-order valence-electron chi connectivity index (χ0n) is 8.85. The van der Waals surface area contributed by atoms with Gasteiger partial charge in [0.2, 0.25) is 0 Å². The quantitative estimate of drug-likeness (QED) is 0.744. The predicted octanol–water partition coefficient (Wildman–Crippen LogP) is 1.58. The Kier molecular flexibility index (Phi) is 2.82. The summed E-state index contributed by atoms with van der Waals surface area (Å²) >= 11 is 0. The zero-order valence-corrected chi connectivity index (χ0v) is 8.85. The maximum Gasteiger partial charge on any atom is 0.163 e. The Hall–Kier alpha value is -1.63. The molecular formula is C11H14N4. The van der Waals surface area contributed by atoms with Gasteiger partial charge in [0.05, 0.1) is 0 Å². The van der Waals surface area contributed by atoms with Crippen molar-refractivity contribution in [2.45, 2.75) is 19.3 Å². The van der Waals surface area contributed by atoms with Gasteiger partial charge in [0.25, 0.3) is 0 Å². The second-order valence-electron chi connectivity index (χ2n) is 4.04. The molecule has 4 heteroatoms. The van der Waals surface area contributed by atoms with E-state index in [4.69, 9.17) is 5.26 Å². The second kappa shape index (κ2) is 4.26. The van der Waals surface area contributed by atoms with E-state index < -0.39 is 0 Å². The monoisotopic (exact) mass is 202 g/mol. The van der Waals surface area contributed by atoms with Crippen LogP contribution in [0.3, 0.4) is 0 Å². The van der Waals surface area contributed by atoms with E-state index in [1.807, 2.05) is 19.2 Å². The van der Waals surface area contributed by atoms with Gasteiger partial charge in [-0.2, -0.15) is 5.26 Å². The third kappa shape index (κ3) is 2.66. The molecule has 4 nitrogen and oxygen atoms in total. The maximum atomic E-state index is 8.59. The molecule has 1 heterocycles. The van der Waals surface area contributed by atoms with E-state index in [9.17, 15) is 0 Å². The van der Waals surface area contributed by atoms with Crippen LogP contribution in [0.2, 0.25) is 0 Å². The predicted molar refractivity (Wildman–Crippen MR) is 57.4 cm³/mol. The van der Waals surface area contributed by atoms with Crippen molar-refractivity contribution in [3.8, 4) is 6.07 Å². The molecule has 0 amide bonds. The maximum absolute atomic E-state index is 8.59. The van der Waals surface area contributed by atoms with Gasteiger partial charge in [-0.1, -0.05) is 12.8 Å².